The van der Waals surface area contributed by atoms with E-state index < -0.39 is 5.60 Å². The predicted molar refractivity (Wildman–Crippen MR) is 41.2 cm³/mol. The van der Waals surface area contributed by atoms with Gasteiger partial charge in [0.05, 0.1) is 16.1 Å². The molecule has 0 aromatic heterocycles. The molecular weight excluding hydrogens is 219 g/mol. The summed E-state index contributed by atoms with van der Waals surface area (Å²) in [5, 5.41) is 17.6. The molecule has 2 nitrogen and oxygen atoms in total. The summed E-state index contributed by atoms with van der Waals surface area (Å²) in [4.78, 5) is 0. The van der Waals surface area contributed by atoms with Crippen molar-refractivity contribution < 1.29 is 10.2 Å². The Morgan fingerprint density at radius 3 is 2.00 bits per heavy atom. The van der Waals surface area contributed by atoms with Gasteiger partial charge in [0.25, 0.3) is 0 Å². The van der Waals surface area contributed by atoms with Crippen molar-refractivity contribution in [3.8, 4) is 0 Å². The molecule has 1 atom stereocenters. The summed E-state index contributed by atoms with van der Waals surface area (Å²) in [5.41, 5.74) is -0.755. The number of hydrogen-bond acceptors (Lipinski definition) is 2. The SMILES string of the molecule is CC(C)(O)C(I)CO. The summed E-state index contributed by atoms with van der Waals surface area (Å²) in [7, 11) is 0. The molecule has 50 valence electrons. The zero-order chi connectivity index (χ0) is 6.78. The number of aliphatic hydroxyl groups excluding tert-OH is 1. The van der Waals surface area contributed by atoms with Gasteiger partial charge in [0.15, 0.2) is 0 Å². The topological polar surface area (TPSA) is 40.5 Å². The normalized spacial score (nSPS) is 16.1. The molecular formula is C5H11IO2. The van der Waals surface area contributed by atoms with Crippen molar-refractivity contribution in [1.29, 1.82) is 0 Å². The Bertz CT molecular complexity index is 67.3. The molecule has 0 heterocycles. The summed E-state index contributed by atoms with van der Waals surface area (Å²) in [6.07, 6.45) is 0. The van der Waals surface area contributed by atoms with Crippen LogP contribution in [0.3, 0.4) is 0 Å². The third kappa shape index (κ3) is 2.84. The summed E-state index contributed by atoms with van der Waals surface area (Å²) in [5.74, 6) is 0. The maximum Gasteiger partial charge on any atom is 0.0731 e. The van der Waals surface area contributed by atoms with Crippen molar-refractivity contribution >= 4 is 22.6 Å². The van der Waals surface area contributed by atoms with Crippen LogP contribution in [0.4, 0.5) is 0 Å². The fraction of sp³-hybridized carbons (Fsp3) is 1.00. The molecule has 0 saturated heterocycles. The first kappa shape index (κ1) is 8.65. The summed E-state index contributed by atoms with van der Waals surface area (Å²) in [6.45, 7) is 3.39. The van der Waals surface area contributed by atoms with Crippen LogP contribution in [0.5, 0.6) is 0 Å². The highest BCUT2D eigenvalue weighted by Crippen LogP contribution is 2.15. The lowest BCUT2D eigenvalue weighted by Gasteiger charge is -2.21. The van der Waals surface area contributed by atoms with E-state index in [1.165, 1.54) is 0 Å². The first-order chi connectivity index (χ1) is 3.48. The second kappa shape index (κ2) is 2.98. The van der Waals surface area contributed by atoms with Gasteiger partial charge in [-0.15, -0.1) is 0 Å². The Morgan fingerprint density at radius 1 is 1.62 bits per heavy atom. The largest absolute Gasteiger partial charge is 0.395 e. The van der Waals surface area contributed by atoms with Gasteiger partial charge in [-0.2, -0.15) is 0 Å². The molecule has 0 aromatic rings. The highest BCUT2D eigenvalue weighted by molar-refractivity contribution is 14.1. The zero-order valence-electron chi connectivity index (χ0n) is 5.06. The van der Waals surface area contributed by atoms with E-state index >= 15 is 0 Å². The Hall–Kier alpha value is 0.650. The fourth-order valence-corrected chi connectivity index (χ4v) is 0.223. The molecule has 0 aliphatic heterocycles. The molecule has 0 saturated carbocycles. The van der Waals surface area contributed by atoms with Crippen molar-refractivity contribution in [2.45, 2.75) is 23.4 Å². The Labute approximate surface area is 63.0 Å². The van der Waals surface area contributed by atoms with Gasteiger partial charge in [-0.25, -0.2) is 0 Å². The summed E-state index contributed by atoms with van der Waals surface area (Å²) < 4.78 is -0.0694. The second-order valence-electron chi connectivity index (χ2n) is 2.30. The van der Waals surface area contributed by atoms with Crippen LogP contribution in [0.2, 0.25) is 0 Å². The average Bonchev–Trinajstić information content (AvgIpc) is 1.62. The number of hydrogen-bond donors (Lipinski definition) is 2. The fourth-order valence-electron chi connectivity index (χ4n) is 0.223. The van der Waals surface area contributed by atoms with Gasteiger partial charge in [-0.3, -0.25) is 0 Å². The van der Waals surface area contributed by atoms with Gasteiger partial charge in [0, 0.05) is 0 Å². The van der Waals surface area contributed by atoms with Crippen molar-refractivity contribution in [2.75, 3.05) is 6.61 Å². The molecule has 8 heavy (non-hydrogen) atoms. The third-order valence-electron chi connectivity index (χ3n) is 0.927. The van der Waals surface area contributed by atoms with Gasteiger partial charge >= 0.3 is 0 Å². The molecule has 0 amide bonds. The number of rotatable bonds is 2. The minimum Gasteiger partial charge on any atom is -0.395 e. The number of alkyl halides is 1. The van der Waals surface area contributed by atoms with Gasteiger partial charge < -0.3 is 10.2 Å². The Balaban J connectivity index is 3.62. The second-order valence-corrected chi connectivity index (χ2v) is 3.81. The van der Waals surface area contributed by atoms with E-state index in [1.807, 2.05) is 22.6 Å². The highest BCUT2D eigenvalue weighted by atomic mass is 127. The zero-order valence-corrected chi connectivity index (χ0v) is 7.21. The van der Waals surface area contributed by atoms with Gasteiger partial charge in [-0.1, -0.05) is 22.6 Å². The van der Waals surface area contributed by atoms with Gasteiger partial charge in [-0.05, 0) is 13.8 Å². The quantitative estimate of drug-likeness (QED) is 0.537. The van der Waals surface area contributed by atoms with Gasteiger partial charge in [0.2, 0.25) is 0 Å². The van der Waals surface area contributed by atoms with E-state index in [0.717, 1.165) is 0 Å². The lowest BCUT2D eigenvalue weighted by molar-refractivity contribution is 0.0642. The van der Waals surface area contributed by atoms with Crippen molar-refractivity contribution in [3.63, 3.8) is 0 Å². The van der Waals surface area contributed by atoms with Crippen molar-refractivity contribution in [1.82, 2.24) is 0 Å². The molecule has 0 bridgehead atoms. The van der Waals surface area contributed by atoms with Crippen molar-refractivity contribution in [3.05, 3.63) is 0 Å². The predicted octanol–water partition coefficient (Wildman–Crippen LogP) is 0.553. The molecule has 2 N–H and O–H groups in total. The van der Waals surface area contributed by atoms with Gasteiger partial charge in [0.1, 0.15) is 0 Å². The molecule has 0 aliphatic carbocycles. The standard InChI is InChI=1S/C5H11IO2/c1-5(2,8)4(6)3-7/h4,7-8H,3H2,1-2H3. The van der Waals surface area contributed by atoms with E-state index in [4.69, 9.17) is 10.2 Å². The van der Waals surface area contributed by atoms with E-state index in [1.54, 1.807) is 13.8 Å². The maximum absolute atomic E-state index is 9.12. The molecule has 0 spiro atoms. The van der Waals surface area contributed by atoms with Crippen LogP contribution < -0.4 is 0 Å². The number of aliphatic hydroxyl groups is 2. The van der Waals surface area contributed by atoms with Crippen LogP contribution in [-0.2, 0) is 0 Å². The molecule has 1 unspecified atom stereocenters. The minimum absolute atomic E-state index is 0.0318. The van der Waals surface area contributed by atoms with E-state index in [9.17, 15) is 0 Å². The lowest BCUT2D eigenvalue weighted by Crippen LogP contribution is -2.33. The van der Waals surface area contributed by atoms with Crippen molar-refractivity contribution in [2.24, 2.45) is 0 Å². The van der Waals surface area contributed by atoms with Crippen LogP contribution in [0.15, 0.2) is 0 Å². The Morgan fingerprint density at radius 2 is 2.00 bits per heavy atom. The first-order valence-corrected chi connectivity index (χ1v) is 3.70. The molecule has 0 rings (SSSR count). The monoisotopic (exact) mass is 230 g/mol. The third-order valence-corrected chi connectivity index (χ3v) is 2.84. The Kier molecular flexibility index (Phi) is 3.23. The smallest absolute Gasteiger partial charge is 0.0731 e. The molecule has 0 radical (unpaired) electrons. The lowest BCUT2D eigenvalue weighted by atomic mass is 10.1. The van der Waals surface area contributed by atoms with E-state index in [-0.39, 0.29) is 10.5 Å². The molecule has 3 heteroatoms. The summed E-state index contributed by atoms with van der Waals surface area (Å²) >= 11 is 2.01. The average molecular weight is 230 g/mol. The van der Waals surface area contributed by atoms with Crippen LogP contribution in [0.25, 0.3) is 0 Å². The highest BCUT2D eigenvalue weighted by Gasteiger charge is 2.22. The van der Waals surface area contributed by atoms with E-state index in [0.29, 0.717) is 0 Å². The summed E-state index contributed by atoms with van der Waals surface area (Å²) in [6, 6.07) is 0. The molecule has 0 fully saturated rings. The number of halogens is 1. The minimum atomic E-state index is -0.755. The van der Waals surface area contributed by atoms with Crippen LogP contribution in [0, 0.1) is 0 Å². The van der Waals surface area contributed by atoms with Crippen LogP contribution in [0.1, 0.15) is 13.8 Å². The van der Waals surface area contributed by atoms with E-state index in [2.05, 4.69) is 0 Å². The molecule has 0 aromatic carbocycles. The first-order valence-electron chi connectivity index (χ1n) is 2.45. The maximum atomic E-state index is 9.12. The van der Waals surface area contributed by atoms with Crippen LogP contribution >= 0.6 is 22.6 Å². The molecule has 0 aliphatic rings. The van der Waals surface area contributed by atoms with Crippen LogP contribution in [-0.4, -0.2) is 26.3 Å².